The van der Waals surface area contributed by atoms with E-state index in [4.69, 9.17) is 10.5 Å². The van der Waals surface area contributed by atoms with Gasteiger partial charge in [0.05, 0.1) is 30.4 Å². The Balaban J connectivity index is 1.79. The lowest BCUT2D eigenvalue weighted by molar-refractivity contribution is -0.116. The standard InChI is InChI=1S/C27H23N3O3/c1-33-24-14-17(12-13-22(24)31)25-19(15-28)27(29)30(21-10-5-11-23(32)26(21)25)20-9-4-7-16-6-2-3-8-18(16)20/h2-4,6-9,12-14,25,31H,5,10-11,29H2,1H3. The number of methoxy groups -OCH3 is 1. The molecule has 0 aromatic heterocycles. The van der Waals surface area contributed by atoms with Gasteiger partial charge in [0.15, 0.2) is 17.3 Å². The number of phenolic OH excluding ortho intramolecular Hbond substituents is 1. The molecule has 5 rings (SSSR count). The molecule has 3 aromatic carbocycles. The Labute approximate surface area is 191 Å². The summed E-state index contributed by atoms with van der Waals surface area (Å²) in [6.45, 7) is 0. The van der Waals surface area contributed by atoms with Crippen LogP contribution in [0.5, 0.6) is 11.5 Å². The van der Waals surface area contributed by atoms with Crippen molar-refractivity contribution in [2.75, 3.05) is 12.0 Å². The third-order valence-electron chi connectivity index (χ3n) is 6.46. The molecule has 1 aliphatic heterocycles. The molecule has 3 N–H and O–H groups in total. The quantitative estimate of drug-likeness (QED) is 0.607. The second-order valence-electron chi connectivity index (χ2n) is 8.25. The van der Waals surface area contributed by atoms with E-state index in [0.29, 0.717) is 35.4 Å². The smallest absolute Gasteiger partial charge is 0.161 e. The van der Waals surface area contributed by atoms with E-state index in [1.165, 1.54) is 13.2 Å². The van der Waals surface area contributed by atoms with Crippen LogP contribution in [0.15, 0.2) is 83.3 Å². The second kappa shape index (κ2) is 8.03. The highest BCUT2D eigenvalue weighted by molar-refractivity contribution is 6.03. The lowest BCUT2D eigenvalue weighted by Crippen LogP contribution is -2.38. The van der Waals surface area contributed by atoms with E-state index >= 15 is 0 Å². The molecule has 0 spiro atoms. The van der Waals surface area contributed by atoms with Crippen molar-refractivity contribution in [2.24, 2.45) is 5.73 Å². The summed E-state index contributed by atoms with van der Waals surface area (Å²) in [6, 6.07) is 21.1. The minimum absolute atomic E-state index is 0.00549. The Kier molecular flexibility index (Phi) is 5.02. The van der Waals surface area contributed by atoms with E-state index in [0.717, 1.165) is 28.6 Å². The predicted molar refractivity (Wildman–Crippen MR) is 127 cm³/mol. The van der Waals surface area contributed by atoms with Crippen molar-refractivity contribution in [2.45, 2.75) is 25.2 Å². The van der Waals surface area contributed by atoms with Crippen LogP contribution in [0.1, 0.15) is 30.7 Å². The van der Waals surface area contributed by atoms with Crippen molar-refractivity contribution < 1.29 is 14.6 Å². The number of Topliss-reactive ketones (excluding diaryl/α,β-unsaturated/α-hetero) is 1. The summed E-state index contributed by atoms with van der Waals surface area (Å²) in [4.78, 5) is 15.2. The van der Waals surface area contributed by atoms with Crippen molar-refractivity contribution in [3.8, 4) is 17.6 Å². The average Bonchev–Trinajstić information content (AvgIpc) is 2.84. The van der Waals surface area contributed by atoms with Crippen LogP contribution >= 0.6 is 0 Å². The highest BCUT2D eigenvalue weighted by Crippen LogP contribution is 2.48. The van der Waals surface area contributed by atoms with Gasteiger partial charge in [-0.2, -0.15) is 5.26 Å². The molecule has 33 heavy (non-hydrogen) atoms. The molecule has 3 aromatic rings. The number of phenols is 1. The molecule has 2 aliphatic rings. The van der Waals surface area contributed by atoms with Gasteiger partial charge in [-0.05, 0) is 42.0 Å². The molecule has 0 bridgehead atoms. The number of hydrogen-bond donors (Lipinski definition) is 2. The predicted octanol–water partition coefficient (Wildman–Crippen LogP) is 4.86. The topological polar surface area (TPSA) is 99.6 Å². The number of benzene rings is 3. The number of anilines is 1. The average molecular weight is 437 g/mol. The number of allylic oxidation sites excluding steroid dienone is 3. The number of nitriles is 1. The van der Waals surface area contributed by atoms with Crippen molar-refractivity contribution in [1.29, 1.82) is 5.26 Å². The zero-order valence-corrected chi connectivity index (χ0v) is 18.2. The maximum atomic E-state index is 13.3. The number of fused-ring (bicyclic) bond motifs is 1. The number of nitrogens with zero attached hydrogens (tertiary/aromatic N) is 2. The summed E-state index contributed by atoms with van der Waals surface area (Å²) in [5.41, 5.74) is 9.96. The van der Waals surface area contributed by atoms with Gasteiger partial charge in [-0.25, -0.2) is 0 Å². The Hall–Kier alpha value is -4.24. The highest BCUT2D eigenvalue weighted by Gasteiger charge is 2.40. The molecule has 6 nitrogen and oxygen atoms in total. The SMILES string of the molecule is COc1cc(C2C(C#N)=C(N)N(c3cccc4ccccc34)C3=C2C(=O)CCC3)ccc1O. The van der Waals surface area contributed by atoms with Crippen LogP contribution in [0.4, 0.5) is 5.69 Å². The normalized spacial score (nSPS) is 18.4. The van der Waals surface area contributed by atoms with Gasteiger partial charge in [0.2, 0.25) is 0 Å². The largest absolute Gasteiger partial charge is 0.504 e. The molecule has 1 aliphatic carbocycles. The zero-order valence-electron chi connectivity index (χ0n) is 18.2. The van der Waals surface area contributed by atoms with E-state index in [2.05, 4.69) is 6.07 Å². The molecule has 1 atom stereocenters. The Morgan fingerprint density at radius 3 is 2.70 bits per heavy atom. The number of ether oxygens (including phenoxy) is 1. The van der Waals surface area contributed by atoms with Gasteiger partial charge in [-0.1, -0.05) is 42.5 Å². The number of nitrogens with two attached hydrogens (primary N) is 1. The van der Waals surface area contributed by atoms with Gasteiger partial charge in [-0.15, -0.1) is 0 Å². The molecular formula is C27H23N3O3. The molecular weight excluding hydrogens is 414 g/mol. The van der Waals surface area contributed by atoms with Crippen LogP contribution in [0.3, 0.4) is 0 Å². The highest BCUT2D eigenvalue weighted by atomic mass is 16.5. The summed E-state index contributed by atoms with van der Waals surface area (Å²) >= 11 is 0. The number of ketones is 1. The molecule has 0 amide bonds. The van der Waals surface area contributed by atoms with Crippen molar-refractivity contribution in [3.05, 3.63) is 88.9 Å². The lowest BCUT2D eigenvalue weighted by atomic mass is 9.75. The number of hydrogen-bond acceptors (Lipinski definition) is 6. The van der Waals surface area contributed by atoms with Crippen molar-refractivity contribution in [3.63, 3.8) is 0 Å². The van der Waals surface area contributed by atoms with Crippen LogP contribution < -0.4 is 15.4 Å². The van der Waals surface area contributed by atoms with Crippen molar-refractivity contribution in [1.82, 2.24) is 0 Å². The molecule has 0 radical (unpaired) electrons. The Bertz CT molecular complexity index is 1390. The maximum Gasteiger partial charge on any atom is 0.161 e. The molecule has 0 fully saturated rings. The first-order valence-corrected chi connectivity index (χ1v) is 10.9. The minimum Gasteiger partial charge on any atom is -0.504 e. The van der Waals surface area contributed by atoms with Crippen molar-refractivity contribution >= 4 is 22.2 Å². The summed E-state index contributed by atoms with van der Waals surface area (Å²) in [6.07, 6.45) is 1.82. The monoisotopic (exact) mass is 437 g/mol. The van der Waals surface area contributed by atoms with Gasteiger partial charge in [0.1, 0.15) is 5.82 Å². The first-order valence-electron chi connectivity index (χ1n) is 10.9. The fourth-order valence-corrected chi connectivity index (χ4v) is 4.97. The van der Waals surface area contributed by atoms with Gasteiger partial charge in [-0.3, -0.25) is 9.69 Å². The third kappa shape index (κ3) is 3.21. The van der Waals surface area contributed by atoms with Crippen LogP contribution in [0, 0.1) is 11.3 Å². The van der Waals surface area contributed by atoms with Gasteiger partial charge in [0.25, 0.3) is 0 Å². The number of carbonyl (C=O) groups excluding carboxylic acids is 1. The number of carbonyl (C=O) groups is 1. The van der Waals surface area contributed by atoms with E-state index < -0.39 is 5.92 Å². The van der Waals surface area contributed by atoms with E-state index in [1.54, 1.807) is 12.1 Å². The molecule has 0 saturated carbocycles. The van der Waals surface area contributed by atoms with Crippen LogP contribution in [0.25, 0.3) is 10.8 Å². The summed E-state index contributed by atoms with van der Waals surface area (Å²) < 4.78 is 5.28. The maximum absolute atomic E-state index is 13.3. The van der Waals surface area contributed by atoms with Gasteiger partial charge < -0.3 is 15.6 Å². The Morgan fingerprint density at radius 2 is 1.91 bits per heavy atom. The molecule has 164 valence electrons. The number of rotatable bonds is 3. The van der Waals surface area contributed by atoms with E-state index in [1.807, 2.05) is 47.4 Å². The van der Waals surface area contributed by atoms with Gasteiger partial charge in [0, 0.05) is 23.1 Å². The number of aromatic hydroxyl groups is 1. The lowest BCUT2D eigenvalue weighted by Gasteiger charge is -2.40. The van der Waals surface area contributed by atoms with Crippen LogP contribution in [-0.4, -0.2) is 18.0 Å². The van der Waals surface area contributed by atoms with Crippen LogP contribution in [-0.2, 0) is 4.79 Å². The second-order valence-corrected chi connectivity index (χ2v) is 8.25. The third-order valence-corrected chi connectivity index (χ3v) is 6.46. The first kappa shape index (κ1) is 20.7. The fraction of sp³-hybridized carbons (Fsp3) is 0.185. The summed E-state index contributed by atoms with van der Waals surface area (Å²) in [7, 11) is 1.47. The molecule has 1 unspecified atom stereocenters. The van der Waals surface area contributed by atoms with Crippen LogP contribution in [0.2, 0.25) is 0 Å². The fourth-order valence-electron chi connectivity index (χ4n) is 4.97. The summed E-state index contributed by atoms with van der Waals surface area (Å²) in [5.74, 6) is -0.00373. The van der Waals surface area contributed by atoms with Gasteiger partial charge >= 0.3 is 0 Å². The Morgan fingerprint density at radius 1 is 1.12 bits per heavy atom. The zero-order chi connectivity index (χ0) is 23.1. The van der Waals surface area contributed by atoms with E-state index in [-0.39, 0.29) is 17.3 Å². The summed E-state index contributed by atoms with van der Waals surface area (Å²) in [5, 5.41) is 22.3. The first-order chi connectivity index (χ1) is 16.0. The molecule has 1 heterocycles. The van der Waals surface area contributed by atoms with E-state index in [9.17, 15) is 15.2 Å². The molecule has 0 saturated heterocycles. The molecule has 6 heteroatoms. The minimum atomic E-state index is -0.612.